The molecule has 2 atom stereocenters. The van der Waals surface area contributed by atoms with Gasteiger partial charge in [-0.2, -0.15) is 0 Å². The molecular formula is C19H22. The maximum atomic E-state index is 2.35. The largest absolute Gasteiger partial charge is 0.0654 e. The first kappa shape index (κ1) is 12.5. The van der Waals surface area contributed by atoms with Crippen molar-refractivity contribution < 1.29 is 0 Å². The molecule has 0 heteroatoms. The molecule has 0 aliphatic heterocycles. The number of rotatable bonds is 3. The van der Waals surface area contributed by atoms with Gasteiger partial charge in [-0.15, -0.1) is 0 Å². The SMILES string of the molecule is CCCC1CCC(c2ccccc2)c2ccccc21. The van der Waals surface area contributed by atoms with Gasteiger partial charge >= 0.3 is 0 Å². The lowest BCUT2D eigenvalue weighted by Crippen LogP contribution is -2.15. The van der Waals surface area contributed by atoms with Crippen LogP contribution in [0.4, 0.5) is 0 Å². The Hall–Kier alpha value is -1.56. The van der Waals surface area contributed by atoms with E-state index in [4.69, 9.17) is 0 Å². The monoisotopic (exact) mass is 250 g/mol. The Bertz CT molecular complexity index is 527. The van der Waals surface area contributed by atoms with Gasteiger partial charge in [0.2, 0.25) is 0 Å². The molecule has 0 saturated carbocycles. The van der Waals surface area contributed by atoms with Crippen LogP contribution in [0.15, 0.2) is 54.6 Å². The highest BCUT2D eigenvalue weighted by atomic mass is 14.3. The van der Waals surface area contributed by atoms with Gasteiger partial charge in [-0.25, -0.2) is 0 Å². The van der Waals surface area contributed by atoms with Crippen molar-refractivity contribution in [2.45, 2.75) is 44.4 Å². The first-order valence-corrected chi connectivity index (χ1v) is 7.54. The molecule has 98 valence electrons. The summed E-state index contributed by atoms with van der Waals surface area (Å²) in [6.07, 6.45) is 5.25. The van der Waals surface area contributed by atoms with Gasteiger partial charge in [-0.05, 0) is 41.9 Å². The third kappa shape index (κ3) is 2.45. The molecule has 3 rings (SSSR count). The zero-order valence-corrected chi connectivity index (χ0v) is 11.7. The van der Waals surface area contributed by atoms with E-state index in [1.54, 1.807) is 11.1 Å². The van der Waals surface area contributed by atoms with E-state index in [-0.39, 0.29) is 0 Å². The van der Waals surface area contributed by atoms with Crippen LogP contribution in [0.3, 0.4) is 0 Å². The molecule has 0 fully saturated rings. The lowest BCUT2D eigenvalue weighted by atomic mass is 9.73. The highest BCUT2D eigenvalue weighted by Crippen LogP contribution is 2.43. The summed E-state index contributed by atoms with van der Waals surface area (Å²) < 4.78 is 0. The standard InChI is InChI=1S/C19H22/c1-2-8-15-13-14-18(16-9-4-3-5-10-16)19-12-7-6-11-17(15)19/h3-7,9-12,15,18H,2,8,13-14H2,1H3. The molecule has 0 heterocycles. The number of benzene rings is 2. The lowest BCUT2D eigenvalue weighted by Gasteiger charge is -2.32. The molecule has 0 spiro atoms. The Morgan fingerprint density at radius 1 is 0.842 bits per heavy atom. The topological polar surface area (TPSA) is 0 Å². The van der Waals surface area contributed by atoms with Crippen LogP contribution in [-0.4, -0.2) is 0 Å². The molecular weight excluding hydrogens is 228 g/mol. The molecule has 0 aromatic heterocycles. The van der Waals surface area contributed by atoms with Crippen molar-refractivity contribution in [2.24, 2.45) is 0 Å². The van der Waals surface area contributed by atoms with Crippen LogP contribution in [0.25, 0.3) is 0 Å². The van der Waals surface area contributed by atoms with Gasteiger partial charge < -0.3 is 0 Å². The van der Waals surface area contributed by atoms with E-state index < -0.39 is 0 Å². The van der Waals surface area contributed by atoms with Crippen molar-refractivity contribution in [3.8, 4) is 0 Å². The van der Waals surface area contributed by atoms with Crippen LogP contribution < -0.4 is 0 Å². The molecule has 0 N–H and O–H groups in total. The fraction of sp³-hybridized carbons (Fsp3) is 0.368. The zero-order valence-electron chi connectivity index (χ0n) is 11.7. The highest BCUT2D eigenvalue weighted by Gasteiger charge is 2.26. The fourth-order valence-corrected chi connectivity index (χ4v) is 3.56. The molecule has 0 saturated heterocycles. The molecule has 2 aromatic carbocycles. The van der Waals surface area contributed by atoms with Crippen molar-refractivity contribution in [1.82, 2.24) is 0 Å². The lowest BCUT2D eigenvalue weighted by molar-refractivity contribution is 0.487. The van der Waals surface area contributed by atoms with E-state index in [9.17, 15) is 0 Å². The average molecular weight is 250 g/mol. The molecule has 0 bridgehead atoms. The molecule has 2 unspecified atom stereocenters. The second-order valence-electron chi connectivity index (χ2n) is 5.66. The summed E-state index contributed by atoms with van der Waals surface area (Å²) in [7, 11) is 0. The van der Waals surface area contributed by atoms with Crippen molar-refractivity contribution in [1.29, 1.82) is 0 Å². The summed E-state index contributed by atoms with van der Waals surface area (Å²) >= 11 is 0. The smallest absolute Gasteiger partial charge is 0.00923 e. The molecule has 0 amide bonds. The molecule has 1 aliphatic carbocycles. The fourth-order valence-electron chi connectivity index (χ4n) is 3.56. The predicted molar refractivity (Wildman–Crippen MR) is 81.6 cm³/mol. The van der Waals surface area contributed by atoms with Gasteiger partial charge in [-0.3, -0.25) is 0 Å². The Kier molecular flexibility index (Phi) is 3.68. The van der Waals surface area contributed by atoms with Crippen molar-refractivity contribution >= 4 is 0 Å². The van der Waals surface area contributed by atoms with Gasteiger partial charge in [0.25, 0.3) is 0 Å². The Balaban J connectivity index is 1.99. The summed E-state index contributed by atoms with van der Waals surface area (Å²) in [5.74, 6) is 1.38. The van der Waals surface area contributed by atoms with Gasteiger partial charge in [0.1, 0.15) is 0 Å². The van der Waals surface area contributed by atoms with E-state index in [0.717, 1.165) is 5.92 Å². The number of hydrogen-bond donors (Lipinski definition) is 0. The maximum Gasteiger partial charge on any atom is 0.00923 e. The van der Waals surface area contributed by atoms with Crippen molar-refractivity contribution in [2.75, 3.05) is 0 Å². The molecule has 0 nitrogen and oxygen atoms in total. The van der Waals surface area contributed by atoms with Crippen LogP contribution >= 0.6 is 0 Å². The predicted octanol–water partition coefficient (Wildman–Crippen LogP) is 5.50. The molecule has 1 aliphatic rings. The average Bonchev–Trinajstić information content (AvgIpc) is 2.49. The van der Waals surface area contributed by atoms with E-state index in [1.165, 1.54) is 31.2 Å². The van der Waals surface area contributed by atoms with Crippen LogP contribution in [-0.2, 0) is 0 Å². The van der Waals surface area contributed by atoms with Crippen molar-refractivity contribution in [3.05, 3.63) is 71.3 Å². The van der Waals surface area contributed by atoms with E-state index >= 15 is 0 Å². The van der Waals surface area contributed by atoms with Gasteiger partial charge in [0.15, 0.2) is 0 Å². The van der Waals surface area contributed by atoms with Crippen LogP contribution in [0.5, 0.6) is 0 Å². The van der Waals surface area contributed by atoms with Gasteiger partial charge in [-0.1, -0.05) is 67.9 Å². The summed E-state index contributed by atoms with van der Waals surface area (Å²) in [4.78, 5) is 0. The normalized spacial score (nSPS) is 21.9. The van der Waals surface area contributed by atoms with E-state index in [0.29, 0.717) is 5.92 Å². The summed E-state index contributed by atoms with van der Waals surface area (Å²) in [6.45, 7) is 2.30. The number of fused-ring (bicyclic) bond motifs is 1. The summed E-state index contributed by atoms with van der Waals surface area (Å²) in [6, 6.07) is 20.1. The highest BCUT2D eigenvalue weighted by molar-refractivity contribution is 5.41. The van der Waals surface area contributed by atoms with Gasteiger partial charge in [0, 0.05) is 5.92 Å². The Labute approximate surface area is 116 Å². The maximum absolute atomic E-state index is 2.35. The van der Waals surface area contributed by atoms with Gasteiger partial charge in [0.05, 0.1) is 0 Å². The third-order valence-corrected chi connectivity index (χ3v) is 4.45. The quantitative estimate of drug-likeness (QED) is 0.675. The Morgan fingerprint density at radius 3 is 2.26 bits per heavy atom. The third-order valence-electron chi connectivity index (χ3n) is 4.45. The summed E-state index contributed by atoms with van der Waals surface area (Å²) in [5, 5.41) is 0. The first-order valence-electron chi connectivity index (χ1n) is 7.54. The minimum absolute atomic E-state index is 0.602. The van der Waals surface area contributed by atoms with Crippen molar-refractivity contribution in [3.63, 3.8) is 0 Å². The minimum atomic E-state index is 0.602. The molecule has 19 heavy (non-hydrogen) atoms. The zero-order chi connectivity index (χ0) is 13.1. The van der Waals surface area contributed by atoms with E-state index in [1.807, 2.05) is 0 Å². The second-order valence-corrected chi connectivity index (χ2v) is 5.66. The van der Waals surface area contributed by atoms with Crippen LogP contribution in [0.2, 0.25) is 0 Å². The molecule has 2 aromatic rings. The summed E-state index contributed by atoms with van der Waals surface area (Å²) in [5.41, 5.74) is 4.65. The Morgan fingerprint density at radius 2 is 1.53 bits per heavy atom. The van der Waals surface area contributed by atoms with E-state index in [2.05, 4.69) is 61.5 Å². The molecule has 0 radical (unpaired) electrons. The minimum Gasteiger partial charge on any atom is -0.0654 e. The second kappa shape index (κ2) is 5.61. The van der Waals surface area contributed by atoms with Crippen LogP contribution in [0.1, 0.15) is 61.1 Å². The number of hydrogen-bond acceptors (Lipinski definition) is 0. The van der Waals surface area contributed by atoms with Crippen LogP contribution in [0, 0.1) is 0 Å². The first-order chi connectivity index (χ1) is 9.40.